The molecule has 1 aliphatic rings. The average Bonchev–Trinajstić information content (AvgIpc) is 2.17. The summed E-state index contributed by atoms with van der Waals surface area (Å²) >= 11 is 0. The Morgan fingerprint density at radius 2 is 2.43 bits per heavy atom. The van der Waals surface area contributed by atoms with Gasteiger partial charge in [0.05, 0.1) is 12.6 Å². The fourth-order valence-corrected chi connectivity index (χ4v) is 1.44. The van der Waals surface area contributed by atoms with E-state index in [1.54, 1.807) is 13.3 Å². The van der Waals surface area contributed by atoms with Crippen molar-refractivity contribution in [3.63, 3.8) is 0 Å². The van der Waals surface area contributed by atoms with Gasteiger partial charge in [0.1, 0.15) is 11.6 Å². The molecule has 5 nitrogen and oxygen atoms in total. The summed E-state index contributed by atoms with van der Waals surface area (Å²) in [5.41, 5.74) is 5.46. The summed E-state index contributed by atoms with van der Waals surface area (Å²) in [6, 6.07) is 1.89. The lowest BCUT2D eigenvalue weighted by atomic mass is 10.2. The zero-order valence-electron chi connectivity index (χ0n) is 8.18. The van der Waals surface area contributed by atoms with Gasteiger partial charge in [-0.1, -0.05) is 0 Å². The van der Waals surface area contributed by atoms with E-state index < -0.39 is 0 Å². The highest BCUT2D eigenvalue weighted by atomic mass is 16.5. The predicted octanol–water partition coefficient (Wildman–Crippen LogP) is -0.230. The van der Waals surface area contributed by atoms with Gasteiger partial charge in [-0.25, -0.2) is 9.97 Å². The Morgan fingerprint density at radius 1 is 1.64 bits per heavy atom. The van der Waals surface area contributed by atoms with Crippen LogP contribution in [0.1, 0.15) is 5.82 Å². The summed E-state index contributed by atoms with van der Waals surface area (Å²) in [7, 11) is 1.73. The summed E-state index contributed by atoms with van der Waals surface area (Å²) < 4.78 is 5.18. The lowest BCUT2D eigenvalue weighted by molar-refractivity contribution is 0.0783. The van der Waals surface area contributed by atoms with Crippen molar-refractivity contribution in [1.29, 1.82) is 0 Å². The summed E-state index contributed by atoms with van der Waals surface area (Å²) in [6.45, 7) is 2.18. The van der Waals surface area contributed by atoms with Crippen LogP contribution in [-0.2, 0) is 11.3 Å². The van der Waals surface area contributed by atoms with Crippen molar-refractivity contribution in [2.45, 2.75) is 12.6 Å². The number of methoxy groups -OCH3 is 1. The first-order valence-corrected chi connectivity index (χ1v) is 4.63. The highest BCUT2D eigenvalue weighted by Gasteiger charge is 2.27. The fourth-order valence-electron chi connectivity index (χ4n) is 1.44. The molecule has 2 heterocycles. The summed E-state index contributed by atoms with van der Waals surface area (Å²) in [5, 5.41) is 0. The lowest BCUT2D eigenvalue weighted by Crippen LogP contribution is -2.52. The van der Waals surface area contributed by atoms with Gasteiger partial charge in [-0.15, -0.1) is 0 Å². The molecule has 0 saturated carbocycles. The molecule has 1 saturated heterocycles. The van der Waals surface area contributed by atoms with E-state index in [9.17, 15) is 0 Å². The van der Waals surface area contributed by atoms with Crippen LogP contribution in [-0.4, -0.2) is 36.3 Å². The molecule has 2 rings (SSSR count). The van der Waals surface area contributed by atoms with Gasteiger partial charge in [0.2, 0.25) is 0 Å². The van der Waals surface area contributed by atoms with E-state index >= 15 is 0 Å². The first kappa shape index (κ1) is 9.36. The second-order valence-electron chi connectivity index (χ2n) is 3.30. The van der Waals surface area contributed by atoms with Gasteiger partial charge in [0.15, 0.2) is 0 Å². The van der Waals surface area contributed by atoms with Crippen molar-refractivity contribution in [2.75, 3.05) is 25.1 Å². The van der Waals surface area contributed by atoms with Crippen LogP contribution in [0.4, 0.5) is 5.82 Å². The van der Waals surface area contributed by atoms with E-state index in [0.717, 1.165) is 18.9 Å². The summed E-state index contributed by atoms with van der Waals surface area (Å²) in [5.74, 6) is 1.62. The van der Waals surface area contributed by atoms with Gasteiger partial charge in [-0.2, -0.15) is 0 Å². The first-order valence-electron chi connectivity index (χ1n) is 4.63. The highest BCUT2D eigenvalue weighted by Crippen LogP contribution is 2.19. The van der Waals surface area contributed by atoms with E-state index in [1.165, 1.54) is 0 Å². The number of hydrogen-bond acceptors (Lipinski definition) is 5. The van der Waals surface area contributed by atoms with Crippen LogP contribution in [0.3, 0.4) is 0 Å². The van der Waals surface area contributed by atoms with Crippen LogP contribution in [0.25, 0.3) is 0 Å². The maximum atomic E-state index is 5.46. The smallest absolute Gasteiger partial charge is 0.144 e. The number of rotatable bonds is 3. The van der Waals surface area contributed by atoms with Crippen molar-refractivity contribution in [3.8, 4) is 0 Å². The molecule has 2 N–H and O–H groups in total. The van der Waals surface area contributed by atoms with Gasteiger partial charge < -0.3 is 15.4 Å². The fraction of sp³-hybridized carbons (Fsp3) is 0.556. The Bertz CT molecular complexity index is 311. The molecular formula is C9H14N4O. The third-order valence-corrected chi connectivity index (χ3v) is 2.38. The van der Waals surface area contributed by atoms with Crippen LogP contribution in [0.15, 0.2) is 12.3 Å². The predicted molar refractivity (Wildman–Crippen MR) is 52.9 cm³/mol. The van der Waals surface area contributed by atoms with Gasteiger partial charge in [0.25, 0.3) is 0 Å². The van der Waals surface area contributed by atoms with Crippen molar-refractivity contribution < 1.29 is 4.74 Å². The minimum atomic E-state index is 0.339. The number of nitrogens with two attached hydrogens (primary N) is 1. The summed E-state index contributed by atoms with van der Waals surface area (Å²) in [4.78, 5) is 10.5. The molecule has 1 aromatic heterocycles. The molecule has 0 amide bonds. The summed E-state index contributed by atoms with van der Waals surface area (Å²) in [6.07, 6.45) is 2.08. The topological polar surface area (TPSA) is 64.3 Å². The molecule has 0 bridgehead atoms. The van der Waals surface area contributed by atoms with Crippen LogP contribution < -0.4 is 10.6 Å². The van der Waals surface area contributed by atoms with Gasteiger partial charge in [-0.3, -0.25) is 0 Å². The molecule has 0 unspecified atom stereocenters. The minimum Gasteiger partial charge on any atom is -0.378 e. The number of hydrogen-bond donors (Lipinski definition) is 1. The SMILES string of the molecule is COC1CN(c2ccnc(CN)n2)C1. The standard InChI is InChI=1S/C9H14N4O/c1-14-7-5-13(6-7)9-2-3-11-8(4-10)12-9/h2-3,7H,4-6,10H2,1H3. The first-order chi connectivity index (χ1) is 6.83. The maximum Gasteiger partial charge on any atom is 0.144 e. The van der Waals surface area contributed by atoms with Gasteiger partial charge in [0, 0.05) is 26.4 Å². The molecule has 0 aliphatic carbocycles. The normalized spacial score (nSPS) is 16.9. The zero-order valence-corrected chi connectivity index (χ0v) is 8.18. The number of ether oxygens (including phenoxy) is 1. The van der Waals surface area contributed by atoms with Crippen molar-refractivity contribution in [2.24, 2.45) is 5.73 Å². The second kappa shape index (κ2) is 3.89. The molecule has 1 aliphatic heterocycles. The Hall–Kier alpha value is -1.20. The monoisotopic (exact) mass is 194 g/mol. The molecule has 0 radical (unpaired) electrons. The van der Waals surface area contributed by atoms with Gasteiger partial charge in [-0.05, 0) is 6.07 Å². The largest absolute Gasteiger partial charge is 0.378 e. The number of anilines is 1. The van der Waals surface area contributed by atoms with E-state index in [1.807, 2.05) is 6.07 Å². The molecule has 0 atom stereocenters. The van der Waals surface area contributed by atoms with Crippen LogP contribution in [0, 0.1) is 0 Å². The molecule has 1 fully saturated rings. The number of aromatic nitrogens is 2. The third-order valence-electron chi connectivity index (χ3n) is 2.38. The molecule has 0 spiro atoms. The van der Waals surface area contributed by atoms with E-state index in [-0.39, 0.29) is 0 Å². The van der Waals surface area contributed by atoms with Crippen LogP contribution >= 0.6 is 0 Å². The molecule has 5 heteroatoms. The quantitative estimate of drug-likeness (QED) is 0.720. The Morgan fingerprint density at radius 3 is 3.07 bits per heavy atom. The van der Waals surface area contributed by atoms with Crippen LogP contribution in [0.2, 0.25) is 0 Å². The van der Waals surface area contributed by atoms with Crippen molar-refractivity contribution >= 4 is 5.82 Å². The zero-order chi connectivity index (χ0) is 9.97. The van der Waals surface area contributed by atoms with E-state index in [0.29, 0.717) is 18.5 Å². The molecule has 76 valence electrons. The third kappa shape index (κ3) is 1.69. The van der Waals surface area contributed by atoms with Crippen molar-refractivity contribution in [1.82, 2.24) is 9.97 Å². The molecule has 0 aromatic carbocycles. The van der Waals surface area contributed by atoms with E-state index in [2.05, 4.69) is 14.9 Å². The second-order valence-corrected chi connectivity index (χ2v) is 3.30. The average molecular weight is 194 g/mol. The van der Waals surface area contributed by atoms with Crippen molar-refractivity contribution in [3.05, 3.63) is 18.1 Å². The van der Waals surface area contributed by atoms with Crippen LogP contribution in [0.5, 0.6) is 0 Å². The number of nitrogens with zero attached hydrogens (tertiary/aromatic N) is 3. The Labute approximate surface area is 82.9 Å². The molecular weight excluding hydrogens is 180 g/mol. The Balaban J connectivity index is 2.03. The highest BCUT2D eigenvalue weighted by molar-refractivity contribution is 5.41. The Kier molecular flexibility index (Phi) is 2.60. The molecule has 1 aromatic rings. The van der Waals surface area contributed by atoms with E-state index in [4.69, 9.17) is 10.5 Å². The maximum absolute atomic E-state index is 5.46. The lowest BCUT2D eigenvalue weighted by Gasteiger charge is -2.38. The van der Waals surface area contributed by atoms with Gasteiger partial charge >= 0.3 is 0 Å². The molecule has 14 heavy (non-hydrogen) atoms. The minimum absolute atomic E-state index is 0.339.